The summed E-state index contributed by atoms with van der Waals surface area (Å²) in [5, 5.41) is 0. The Balaban J connectivity index is 2.39. The number of aromatic nitrogens is 2. The van der Waals surface area contributed by atoms with Crippen molar-refractivity contribution in [3.05, 3.63) is 23.1 Å². The zero-order valence-corrected chi connectivity index (χ0v) is 7.51. The molecule has 1 unspecified atom stereocenters. The molecule has 0 fully saturated rings. The summed E-state index contributed by atoms with van der Waals surface area (Å²) in [7, 11) is 0. The first kappa shape index (κ1) is 10.2. The van der Waals surface area contributed by atoms with Crippen LogP contribution in [0.4, 0.5) is 0 Å². The third-order valence-electron chi connectivity index (χ3n) is 1.58. The number of hydrogen-bond donors (Lipinski definition) is 2. The van der Waals surface area contributed by atoms with E-state index in [9.17, 15) is 4.79 Å². The number of hydrogen-bond acceptors (Lipinski definition) is 4. The van der Waals surface area contributed by atoms with Gasteiger partial charge in [-0.3, -0.25) is 4.79 Å². The van der Waals surface area contributed by atoms with Crippen LogP contribution in [-0.2, 0) is 16.0 Å². The predicted molar refractivity (Wildman–Crippen MR) is 49.5 cm³/mol. The Hall–Kier alpha value is -1.87. The van der Waals surface area contributed by atoms with E-state index in [-0.39, 0.29) is 6.73 Å². The summed E-state index contributed by atoms with van der Waals surface area (Å²) >= 11 is 0. The quantitative estimate of drug-likeness (QED) is 0.648. The van der Waals surface area contributed by atoms with Gasteiger partial charge in [-0.25, -0.2) is 4.98 Å². The lowest BCUT2D eigenvalue weighted by Crippen LogP contribution is -2.34. The molecule has 0 aliphatic carbocycles. The Morgan fingerprint density at radius 1 is 1.86 bits per heavy atom. The first-order valence-corrected chi connectivity index (χ1v) is 4.00. The summed E-state index contributed by atoms with van der Waals surface area (Å²) in [4.78, 5) is 20.9. The van der Waals surface area contributed by atoms with Gasteiger partial charge in [-0.1, -0.05) is 0 Å². The molecule has 0 aliphatic heterocycles. The molecule has 0 saturated heterocycles. The fraction of sp³-hybridized carbons (Fsp3) is 0.375. The lowest BCUT2D eigenvalue weighted by atomic mass is 10.2. The first-order valence-electron chi connectivity index (χ1n) is 4.00. The van der Waals surface area contributed by atoms with Crippen molar-refractivity contribution in [3.8, 4) is 6.57 Å². The van der Waals surface area contributed by atoms with Gasteiger partial charge in [0.1, 0.15) is 6.04 Å². The molecule has 1 aromatic rings. The van der Waals surface area contributed by atoms with Crippen LogP contribution >= 0.6 is 0 Å². The van der Waals surface area contributed by atoms with Crippen molar-refractivity contribution in [1.29, 1.82) is 0 Å². The summed E-state index contributed by atoms with van der Waals surface area (Å²) in [5.74, 6) is -0.534. The molecule has 0 bridgehead atoms. The zero-order chi connectivity index (χ0) is 10.4. The second-order valence-electron chi connectivity index (χ2n) is 2.66. The number of rotatable bonds is 4. The fourth-order valence-corrected chi connectivity index (χ4v) is 0.925. The van der Waals surface area contributed by atoms with Crippen LogP contribution in [0.2, 0.25) is 0 Å². The topological polar surface area (TPSA) is 85.4 Å². The van der Waals surface area contributed by atoms with Crippen molar-refractivity contribution in [1.82, 2.24) is 9.97 Å². The number of ether oxygens (including phenoxy) is 1. The molecule has 1 rings (SSSR count). The van der Waals surface area contributed by atoms with Gasteiger partial charge < -0.3 is 15.5 Å². The third kappa shape index (κ3) is 2.88. The maximum atomic E-state index is 11.1. The molecular formula is C8H11N4O2+. The second kappa shape index (κ2) is 4.99. The number of carbonyl (C=O) groups is 1. The second-order valence-corrected chi connectivity index (χ2v) is 2.66. The average Bonchev–Trinajstić information content (AvgIpc) is 2.66. The molecule has 1 aromatic heterocycles. The van der Waals surface area contributed by atoms with Crippen molar-refractivity contribution in [2.45, 2.75) is 12.5 Å². The maximum Gasteiger partial charge on any atom is 0.406 e. The minimum absolute atomic E-state index is 0.171. The largest absolute Gasteiger partial charge is 0.406 e. The summed E-state index contributed by atoms with van der Waals surface area (Å²) in [5.41, 5.74) is 6.32. The van der Waals surface area contributed by atoms with Gasteiger partial charge in [-0.2, -0.15) is 0 Å². The SMILES string of the molecule is C#[N+]COC(=O)C(N)Cc1cnc[nH]1. The van der Waals surface area contributed by atoms with E-state index in [4.69, 9.17) is 12.3 Å². The van der Waals surface area contributed by atoms with Crippen molar-refractivity contribution in [2.24, 2.45) is 5.73 Å². The van der Waals surface area contributed by atoms with E-state index in [2.05, 4.69) is 19.5 Å². The molecule has 1 atom stereocenters. The van der Waals surface area contributed by atoms with Gasteiger partial charge in [0.15, 0.2) is 0 Å². The smallest absolute Gasteiger partial charge is 0.390 e. The Kier molecular flexibility index (Phi) is 3.64. The van der Waals surface area contributed by atoms with Gasteiger partial charge in [0.05, 0.1) is 6.33 Å². The third-order valence-corrected chi connectivity index (χ3v) is 1.58. The molecule has 6 heteroatoms. The van der Waals surface area contributed by atoms with Gasteiger partial charge in [-0.15, -0.1) is 0 Å². The zero-order valence-electron chi connectivity index (χ0n) is 7.51. The van der Waals surface area contributed by atoms with Crippen LogP contribution < -0.4 is 5.73 Å². The molecule has 0 spiro atoms. The van der Waals surface area contributed by atoms with Crippen LogP contribution in [0.25, 0.3) is 4.85 Å². The Bertz CT molecular complexity index is 328. The predicted octanol–water partition coefficient (Wildman–Crippen LogP) is -0.257. The molecule has 3 N–H and O–H groups in total. The minimum atomic E-state index is -0.725. The van der Waals surface area contributed by atoms with E-state index < -0.39 is 12.0 Å². The standard InChI is InChI=1S/C8H11N4O2/c1-10-5-14-8(13)7(9)2-6-3-11-4-12-6/h1,3-4,7H,2,5,9H2,(H,11,12)/q+1. The van der Waals surface area contributed by atoms with Crippen LogP contribution in [0.5, 0.6) is 0 Å². The molecule has 0 amide bonds. The molecule has 0 saturated carbocycles. The molecule has 74 valence electrons. The van der Waals surface area contributed by atoms with Crippen molar-refractivity contribution in [3.63, 3.8) is 0 Å². The van der Waals surface area contributed by atoms with Crippen LogP contribution in [0.3, 0.4) is 0 Å². The molecule has 6 nitrogen and oxygen atoms in total. The molecular weight excluding hydrogens is 184 g/mol. The van der Waals surface area contributed by atoms with E-state index in [0.717, 1.165) is 5.69 Å². The highest BCUT2D eigenvalue weighted by atomic mass is 16.5. The number of carbonyl (C=O) groups excluding carboxylic acids is 1. The highest BCUT2D eigenvalue weighted by Crippen LogP contribution is 1.98. The number of nitrogens with two attached hydrogens (primary N) is 1. The monoisotopic (exact) mass is 195 g/mol. The van der Waals surface area contributed by atoms with Crippen molar-refractivity contribution in [2.75, 3.05) is 6.73 Å². The van der Waals surface area contributed by atoms with Gasteiger partial charge in [-0.05, 0) is 4.85 Å². The lowest BCUT2D eigenvalue weighted by molar-refractivity contribution is -0.144. The minimum Gasteiger partial charge on any atom is -0.390 e. The highest BCUT2D eigenvalue weighted by molar-refractivity contribution is 5.75. The molecule has 14 heavy (non-hydrogen) atoms. The Labute approximate surface area is 80.9 Å². The van der Waals surface area contributed by atoms with Gasteiger partial charge in [0.25, 0.3) is 6.57 Å². The number of imidazole rings is 1. The van der Waals surface area contributed by atoms with Crippen LogP contribution in [0.1, 0.15) is 5.69 Å². The number of H-pyrrole nitrogens is 1. The molecule has 1 heterocycles. The lowest BCUT2D eigenvalue weighted by Gasteiger charge is -2.05. The molecule has 0 radical (unpaired) electrons. The van der Waals surface area contributed by atoms with Crippen LogP contribution in [-0.4, -0.2) is 28.7 Å². The first-order chi connectivity index (χ1) is 6.74. The number of aromatic amines is 1. The average molecular weight is 195 g/mol. The maximum absolute atomic E-state index is 11.1. The summed E-state index contributed by atoms with van der Waals surface area (Å²) in [6, 6.07) is -0.725. The van der Waals surface area contributed by atoms with Gasteiger partial charge in [0.2, 0.25) is 0 Å². The van der Waals surface area contributed by atoms with Crippen molar-refractivity contribution < 1.29 is 9.53 Å². The van der Waals surface area contributed by atoms with E-state index >= 15 is 0 Å². The Morgan fingerprint density at radius 3 is 3.21 bits per heavy atom. The molecule has 0 aromatic carbocycles. The van der Waals surface area contributed by atoms with E-state index in [0.29, 0.717) is 6.42 Å². The van der Waals surface area contributed by atoms with Crippen LogP contribution in [0.15, 0.2) is 12.5 Å². The summed E-state index contributed by atoms with van der Waals surface area (Å²) in [6.07, 6.45) is 3.46. The van der Waals surface area contributed by atoms with Gasteiger partial charge >= 0.3 is 12.7 Å². The Morgan fingerprint density at radius 2 is 2.64 bits per heavy atom. The highest BCUT2D eigenvalue weighted by Gasteiger charge is 2.17. The number of nitrogens with one attached hydrogen (secondary N) is 1. The van der Waals surface area contributed by atoms with Gasteiger partial charge in [0, 0.05) is 18.3 Å². The number of nitrogens with zero attached hydrogens (tertiary/aromatic N) is 2. The van der Waals surface area contributed by atoms with Crippen LogP contribution in [0, 0.1) is 6.57 Å². The van der Waals surface area contributed by atoms with E-state index in [1.165, 1.54) is 6.33 Å². The molecule has 0 aliphatic rings. The van der Waals surface area contributed by atoms with Crippen molar-refractivity contribution >= 4 is 5.97 Å². The van der Waals surface area contributed by atoms with E-state index in [1.54, 1.807) is 6.20 Å². The summed E-state index contributed by atoms with van der Waals surface area (Å²) in [6.45, 7) is 4.63. The fourth-order valence-electron chi connectivity index (χ4n) is 0.925. The summed E-state index contributed by atoms with van der Waals surface area (Å²) < 4.78 is 4.61. The normalized spacial score (nSPS) is 11.7. The van der Waals surface area contributed by atoms with E-state index in [1.807, 2.05) is 0 Å². The number of esters is 1.